The second-order valence-corrected chi connectivity index (χ2v) is 26.6. The summed E-state index contributed by atoms with van der Waals surface area (Å²) in [6.07, 6.45) is 19.2. The lowest BCUT2D eigenvalue weighted by molar-refractivity contribution is -0.654. The highest BCUT2D eigenvalue weighted by Gasteiger charge is 2.43. The van der Waals surface area contributed by atoms with Crippen molar-refractivity contribution in [2.45, 2.75) is 76.2 Å². The van der Waals surface area contributed by atoms with Crippen molar-refractivity contribution in [1.29, 1.82) is 0 Å². The van der Waals surface area contributed by atoms with E-state index in [9.17, 15) is 0 Å². The minimum absolute atomic E-state index is 0.157. The van der Waals surface area contributed by atoms with Crippen molar-refractivity contribution in [3.8, 4) is 0 Å². The van der Waals surface area contributed by atoms with Crippen LogP contribution in [-0.2, 0) is 28.2 Å². The lowest BCUT2D eigenvalue weighted by Gasteiger charge is -2.29. The summed E-state index contributed by atoms with van der Waals surface area (Å²) < 4.78 is 33.0. The number of pyridine rings is 8. The number of rotatable bonds is 4. The van der Waals surface area contributed by atoms with Crippen molar-refractivity contribution < 1.29 is 35.9 Å². The van der Waals surface area contributed by atoms with E-state index in [0.29, 0.717) is 22.9 Å². The molecule has 95 heavy (non-hydrogen) atoms. The van der Waals surface area contributed by atoms with Crippen LogP contribution in [-0.4, -0.2) is 75.5 Å². The standard InChI is InChI=1S/3C19H21BN3O.C18H19BN3O/c1-12-6-9-17(22(4)11-12)20-13(2)10-16-15-8-7-14(3)21-18(15)24-19(16)23(20)5;1-12-8-9-22(4)17(10-12)20-13(2)11-16-15-7-6-14(3)21-18(15)24-19(16)23(20)5;1-12-9-17(22(4)11-13(12)2)20-14(3)10-16-18(23(20)5)15-7-6-8-21-19(15)24-16;1-12-11-15-14-9-8-13(2)20-17(14)23-18(15)22(4)19(12)16-7-5-6-10-21(16)3/h3*6-11H,1-5H3;5-11H,1-4H3/q4*+1. The highest BCUT2D eigenvalue weighted by molar-refractivity contribution is 6.84. The Kier molecular flexibility index (Phi) is 16.7. The van der Waals surface area contributed by atoms with Gasteiger partial charge < -0.3 is 36.9 Å². The smallest absolute Gasteiger partial charge is 0.401 e. The first-order valence-corrected chi connectivity index (χ1v) is 32.5. The molecule has 0 aromatic carbocycles. The van der Waals surface area contributed by atoms with Crippen LogP contribution in [0.15, 0.2) is 168 Å². The Bertz CT molecular complexity index is 5190. The summed E-state index contributed by atoms with van der Waals surface area (Å²) in [6, 6.07) is 33.8. The van der Waals surface area contributed by atoms with E-state index < -0.39 is 0 Å². The molecule has 0 fully saturated rings. The van der Waals surface area contributed by atoms with Crippen molar-refractivity contribution in [2.75, 3.05) is 47.4 Å². The summed E-state index contributed by atoms with van der Waals surface area (Å²) >= 11 is 0. The number of anilines is 4. The zero-order chi connectivity index (χ0) is 67.2. The summed E-state index contributed by atoms with van der Waals surface area (Å²) in [5, 5.41) is 4.30. The van der Waals surface area contributed by atoms with E-state index in [2.05, 4.69) is 285 Å². The molecule has 0 bridgehead atoms. The molecule has 16 nitrogen and oxygen atoms in total. The lowest BCUT2D eigenvalue weighted by Crippen LogP contribution is -2.62. The molecule has 16 heterocycles. The molecule has 20 heteroatoms. The summed E-state index contributed by atoms with van der Waals surface area (Å²) in [6.45, 7) is 23.9. The largest absolute Gasteiger partial charge is 0.436 e. The van der Waals surface area contributed by atoms with Crippen molar-refractivity contribution >= 4 is 142 Å². The minimum atomic E-state index is 0.157. The van der Waals surface area contributed by atoms with Crippen molar-refractivity contribution in [3.05, 3.63) is 212 Å². The highest BCUT2D eigenvalue weighted by atomic mass is 16.4. The molecule has 0 saturated heterocycles. The molecule has 12 aromatic rings. The second kappa shape index (κ2) is 24.9. The summed E-state index contributed by atoms with van der Waals surface area (Å²) in [5.41, 5.74) is 25.6. The molecule has 4 aliphatic heterocycles. The number of nitrogens with zero attached hydrogens (tertiary/aromatic N) is 12. The molecule has 0 amide bonds. The molecule has 12 aromatic heterocycles. The maximum Gasteiger partial charge on any atom is 0.401 e. The molecule has 0 aliphatic carbocycles. The average Bonchev–Trinajstić information content (AvgIpc) is 1.68. The van der Waals surface area contributed by atoms with E-state index in [4.69, 9.17) is 17.7 Å². The molecule has 0 radical (unpaired) electrons. The van der Waals surface area contributed by atoms with Crippen molar-refractivity contribution in [1.82, 2.24) is 19.9 Å². The van der Waals surface area contributed by atoms with Crippen LogP contribution >= 0.6 is 0 Å². The quantitative estimate of drug-likeness (QED) is 0.123. The summed E-state index contributed by atoms with van der Waals surface area (Å²) in [5.74, 6) is 3.56. The number of furan rings is 4. The maximum atomic E-state index is 6.11. The molecule has 0 N–H and O–H groups in total. The summed E-state index contributed by atoms with van der Waals surface area (Å²) in [4.78, 5) is 26.9. The normalized spacial score (nSPS) is 14.1. The third-order valence-corrected chi connectivity index (χ3v) is 19.3. The SMILES string of the molecule is CC1=Cc2c(oc3nc(C)ccc23)N(C)B1c1cc(C)cc[n+]1C.CC1=Cc2c(oc3nc(C)ccc23)N(C)B1c1ccc(C)c[n+]1C.CC1=Cc2c(oc3nc(C)ccc23)N(C)B1c1cccc[n+]1C.CC1=Cc2oc3ncccc3c2N(C)B1c1cc(C)c(C)c[n+]1C. The molecule has 0 spiro atoms. The van der Waals surface area contributed by atoms with Crippen LogP contribution in [0, 0.1) is 48.5 Å². The Morgan fingerprint density at radius 2 is 0.832 bits per heavy atom. The number of fused-ring (bicyclic) bond motifs is 12. The monoisotopic (exact) mass is 1260 g/mol. The van der Waals surface area contributed by atoms with E-state index in [-0.39, 0.29) is 27.4 Å². The predicted molar refractivity (Wildman–Crippen MR) is 389 cm³/mol. The van der Waals surface area contributed by atoms with Gasteiger partial charge in [0.1, 0.15) is 28.2 Å². The fourth-order valence-corrected chi connectivity index (χ4v) is 14.5. The van der Waals surface area contributed by atoms with Crippen molar-refractivity contribution in [2.24, 2.45) is 28.2 Å². The van der Waals surface area contributed by atoms with Crippen molar-refractivity contribution in [3.63, 3.8) is 0 Å². The first kappa shape index (κ1) is 63.5. The van der Waals surface area contributed by atoms with Crippen LogP contribution < -0.4 is 59.9 Å². The summed E-state index contributed by atoms with van der Waals surface area (Å²) in [7, 11) is 16.8. The Balaban J connectivity index is 0.000000115. The topological polar surface area (TPSA) is 133 Å². The van der Waals surface area contributed by atoms with Gasteiger partial charge in [-0.1, -0.05) is 46.2 Å². The van der Waals surface area contributed by atoms with Gasteiger partial charge in [0.25, 0.3) is 0 Å². The molecule has 16 rings (SSSR count). The van der Waals surface area contributed by atoms with Crippen LogP contribution in [0.4, 0.5) is 23.3 Å². The number of hydrogen-bond donors (Lipinski definition) is 0. The van der Waals surface area contributed by atoms with Gasteiger partial charge >= 0.3 is 27.4 Å². The number of aryl methyl sites for hydroxylation is 11. The second-order valence-electron chi connectivity index (χ2n) is 26.6. The van der Waals surface area contributed by atoms with E-state index in [1.807, 2.05) is 51.1 Å². The molecule has 0 atom stereocenters. The molecular formula is C75H82B4N12O4+4. The fraction of sp³-hybridized carbons (Fsp3) is 0.253. The van der Waals surface area contributed by atoms with Gasteiger partial charge in [0.05, 0.1) is 11.1 Å². The van der Waals surface area contributed by atoms with E-state index in [1.54, 1.807) is 6.20 Å². The lowest BCUT2D eigenvalue weighted by atomic mass is 9.49. The maximum absolute atomic E-state index is 6.11. The Morgan fingerprint density at radius 3 is 1.35 bits per heavy atom. The Hall–Kier alpha value is -10.2. The first-order valence-electron chi connectivity index (χ1n) is 32.5. The van der Waals surface area contributed by atoms with Gasteiger partial charge in [-0.2, -0.15) is 0 Å². The van der Waals surface area contributed by atoms with Gasteiger partial charge in [0.15, 0.2) is 70.6 Å². The third-order valence-electron chi connectivity index (χ3n) is 19.3. The molecule has 0 saturated carbocycles. The molecule has 0 unspecified atom stereocenters. The zero-order valence-corrected chi connectivity index (χ0v) is 58.2. The van der Waals surface area contributed by atoms with Crippen LogP contribution in [0.1, 0.15) is 89.5 Å². The van der Waals surface area contributed by atoms with Crippen LogP contribution in [0.2, 0.25) is 0 Å². The van der Waals surface area contributed by atoms with Crippen LogP contribution in [0.3, 0.4) is 0 Å². The van der Waals surface area contributed by atoms with Gasteiger partial charge in [-0.05, 0) is 188 Å². The van der Waals surface area contributed by atoms with Gasteiger partial charge in [-0.15, -0.1) is 0 Å². The van der Waals surface area contributed by atoms with Gasteiger partial charge in [0, 0.05) is 91.5 Å². The molecule has 474 valence electrons. The average molecular weight is 1260 g/mol. The fourth-order valence-electron chi connectivity index (χ4n) is 14.5. The Morgan fingerprint density at radius 1 is 0.368 bits per heavy atom. The van der Waals surface area contributed by atoms with Gasteiger partial charge in [0.2, 0.25) is 22.9 Å². The van der Waals surface area contributed by atoms with Gasteiger partial charge in [-0.3, -0.25) is 0 Å². The number of aromatic nitrogens is 8. The van der Waals surface area contributed by atoms with E-state index >= 15 is 0 Å². The van der Waals surface area contributed by atoms with E-state index in [0.717, 1.165) is 84.4 Å². The van der Waals surface area contributed by atoms with Crippen LogP contribution in [0.5, 0.6) is 0 Å². The Labute approximate surface area is 558 Å². The third kappa shape index (κ3) is 11.5. The van der Waals surface area contributed by atoms with Gasteiger partial charge in [-0.25, -0.2) is 38.2 Å². The highest BCUT2D eigenvalue weighted by Crippen LogP contribution is 2.42. The first-order chi connectivity index (χ1) is 45.4. The zero-order valence-electron chi connectivity index (χ0n) is 58.2. The molecule has 4 aliphatic rings. The molecular weight excluding hydrogens is 1180 g/mol. The van der Waals surface area contributed by atoms with E-state index in [1.165, 1.54) is 66.5 Å². The number of allylic oxidation sites excluding steroid dienone is 4. The minimum Gasteiger partial charge on any atom is -0.436 e. The predicted octanol–water partition coefficient (Wildman–Crippen LogP) is 9.93. The number of hydrogen-bond acceptors (Lipinski definition) is 12. The van der Waals surface area contributed by atoms with Crippen LogP contribution in [0.25, 0.3) is 68.7 Å².